The lowest BCUT2D eigenvalue weighted by Gasteiger charge is -2.12. The summed E-state index contributed by atoms with van der Waals surface area (Å²) in [5.74, 6) is -0.540. The van der Waals surface area contributed by atoms with Gasteiger partial charge in [0.1, 0.15) is 5.82 Å². The van der Waals surface area contributed by atoms with Gasteiger partial charge < -0.3 is 5.32 Å². The normalized spacial score (nSPS) is 13.3. The molecular weight excluding hydrogens is 313 g/mol. The lowest BCUT2D eigenvalue weighted by atomic mass is 10.1. The van der Waals surface area contributed by atoms with Gasteiger partial charge in [0.05, 0.1) is 15.7 Å². The molecule has 0 bridgehead atoms. The molecule has 1 aromatic carbocycles. The molecule has 1 atom stereocenters. The first-order chi connectivity index (χ1) is 9.86. The highest BCUT2D eigenvalue weighted by Gasteiger charge is 2.16. The van der Waals surface area contributed by atoms with Crippen LogP contribution in [0.25, 0.3) is 0 Å². The molecule has 3 nitrogen and oxygen atoms in total. The van der Waals surface area contributed by atoms with Crippen molar-refractivity contribution in [3.63, 3.8) is 0 Å². The lowest BCUT2D eigenvalue weighted by molar-refractivity contribution is 0.494. The first-order valence-corrected chi connectivity index (χ1v) is 9.31. The van der Waals surface area contributed by atoms with Gasteiger partial charge in [0.15, 0.2) is 9.84 Å². The summed E-state index contributed by atoms with van der Waals surface area (Å²) in [6.07, 6.45) is 3.46. The largest absolute Gasteiger partial charge is 0.314 e. The molecule has 0 heterocycles. The molecule has 0 aromatic heterocycles. The number of halogens is 2. The third-order valence-electron chi connectivity index (χ3n) is 3.29. The zero-order valence-corrected chi connectivity index (χ0v) is 14.1. The van der Waals surface area contributed by atoms with Crippen LogP contribution in [0.3, 0.4) is 0 Å². The fraction of sp³-hybridized carbons (Fsp3) is 0.600. The second-order valence-corrected chi connectivity index (χ2v) is 7.76. The topological polar surface area (TPSA) is 46.2 Å². The summed E-state index contributed by atoms with van der Waals surface area (Å²) in [6, 6.07) is 3.93. The summed E-state index contributed by atoms with van der Waals surface area (Å²) in [7, 11) is -3.39. The predicted molar refractivity (Wildman–Crippen MR) is 85.1 cm³/mol. The fourth-order valence-corrected chi connectivity index (χ4v) is 3.66. The molecule has 0 saturated heterocycles. The van der Waals surface area contributed by atoms with Crippen LogP contribution < -0.4 is 5.32 Å². The number of sulfone groups is 1. The molecule has 6 heteroatoms. The van der Waals surface area contributed by atoms with Crippen LogP contribution in [0.4, 0.5) is 4.39 Å². The monoisotopic (exact) mass is 335 g/mol. The van der Waals surface area contributed by atoms with Gasteiger partial charge in [-0.05, 0) is 50.9 Å². The highest BCUT2D eigenvalue weighted by atomic mass is 35.5. The summed E-state index contributed by atoms with van der Waals surface area (Å²) in [4.78, 5) is 0.0889. The Kier molecular flexibility index (Phi) is 7.63. The number of unbranched alkanes of at least 4 members (excludes halogenated alkanes) is 1. The molecular formula is C15H23ClFNO2S. The maximum Gasteiger partial charge on any atom is 0.178 e. The van der Waals surface area contributed by atoms with E-state index in [0.717, 1.165) is 31.9 Å². The van der Waals surface area contributed by atoms with E-state index in [1.165, 1.54) is 12.1 Å². The third kappa shape index (κ3) is 6.32. The van der Waals surface area contributed by atoms with Gasteiger partial charge in [0.25, 0.3) is 0 Å². The average Bonchev–Trinajstić information content (AvgIpc) is 2.44. The van der Waals surface area contributed by atoms with Gasteiger partial charge >= 0.3 is 0 Å². The minimum Gasteiger partial charge on any atom is -0.314 e. The standard InChI is InChI=1S/C15H23ClFNO2S/c1-3-9-18-12(2)6-4-5-10-21(19,20)13-7-8-15(17)14(16)11-13/h7-8,11-12,18H,3-6,9-10H2,1-2H3. The predicted octanol–water partition coefficient (Wildman–Crippen LogP) is 3.81. The fourth-order valence-electron chi connectivity index (χ4n) is 2.02. The van der Waals surface area contributed by atoms with Gasteiger partial charge in [-0.1, -0.05) is 24.9 Å². The number of rotatable bonds is 9. The van der Waals surface area contributed by atoms with Crippen LogP contribution in [-0.4, -0.2) is 26.8 Å². The molecule has 21 heavy (non-hydrogen) atoms. The zero-order valence-electron chi connectivity index (χ0n) is 12.5. The highest BCUT2D eigenvalue weighted by Crippen LogP contribution is 2.21. The molecule has 1 rings (SSSR count). The summed E-state index contributed by atoms with van der Waals surface area (Å²) >= 11 is 5.62. The molecule has 1 N–H and O–H groups in total. The van der Waals surface area contributed by atoms with E-state index in [9.17, 15) is 12.8 Å². The van der Waals surface area contributed by atoms with Crippen LogP contribution in [0.5, 0.6) is 0 Å². The quantitative estimate of drug-likeness (QED) is 0.551. The third-order valence-corrected chi connectivity index (χ3v) is 5.38. The van der Waals surface area contributed by atoms with Crippen molar-refractivity contribution in [2.45, 2.75) is 50.5 Å². The van der Waals surface area contributed by atoms with E-state index in [-0.39, 0.29) is 15.7 Å². The van der Waals surface area contributed by atoms with Crippen molar-refractivity contribution in [2.75, 3.05) is 12.3 Å². The van der Waals surface area contributed by atoms with Crippen molar-refractivity contribution >= 4 is 21.4 Å². The minimum atomic E-state index is -3.39. The van der Waals surface area contributed by atoms with Gasteiger partial charge in [-0.2, -0.15) is 0 Å². The summed E-state index contributed by atoms with van der Waals surface area (Å²) < 4.78 is 37.3. The molecule has 1 aromatic rings. The van der Waals surface area contributed by atoms with Crippen molar-refractivity contribution < 1.29 is 12.8 Å². The number of benzene rings is 1. The Morgan fingerprint density at radius 1 is 1.33 bits per heavy atom. The van der Waals surface area contributed by atoms with Crippen molar-refractivity contribution in [1.82, 2.24) is 5.32 Å². The Morgan fingerprint density at radius 3 is 2.67 bits per heavy atom. The highest BCUT2D eigenvalue weighted by molar-refractivity contribution is 7.91. The number of hydrogen-bond donors (Lipinski definition) is 1. The average molecular weight is 336 g/mol. The van der Waals surface area contributed by atoms with Gasteiger partial charge in [0, 0.05) is 6.04 Å². The molecule has 0 saturated carbocycles. The Morgan fingerprint density at radius 2 is 2.05 bits per heavy atom. The van der Waals surface area contributed by atoms with E-state index in [1.54, 1.807) is 0 Å². The maximum atomic E-state index is 13.1. The van der Waals surface area contributed by atoms with Crippen molar-refractivity contribution in [3.8, 4) is 0 Å². The molecule has 0 aliphatic heterocycles. The molecule has 0 spiro atoms. The Labute approximate surface area is 131 Å². The van der Waals surface area contributed by atoms with Crippen LogP contribution in [0.2, 0.25) is 5.02 Å². The molecule has 0 aliphatic carbocycles. The van der Waals surface area contributed by atoms with Crippen LogP contribution in [0.1, 0.15) is 39.5 Å². The summed E-state index contributed by atoms with van der Waals surface area (Å²) in [5, 5.41) is 3.21. The van der Waals surface area contributed by atoms with Gasteiger partial charge in [0.2, 0.25) is 0 Å². The molecule has 0 radical (unpaired) electrons. The van der Waals surface area contributed by atoms with Crippen LogP contribution >= 0.6 is 11.6 Å². The number of hydrogen-bond acceptors (Lipinski definition) is 3. The first kappa shape index (κ1) is 18.4. The number of nitrogens with one attached hydrogen (secondary N) is 1. The van der Waals surface area contributed by atoms with Crippen molar-refractivity contribution in [1.29, 1.82) is 0 Å². The minimum absolute atomic E-state index is 0.0649. The van der Waals surface area contributed by atoms with Gasteiger partial charge in [-0.15, -0.1) is 0 Å². The van der Waals surface area contributed by atoms with Crippen molar-refractivity contribution in [2.24, 2.45) is 0 Å². The molecule has 120 valence electrons. The first-order valence-electron chi connectivity index (χ1n) is 7.28. The van der Waals surface area contributed by atoms with Crippen LogP contribution in [0, 0.1) is 5.82 Å². The summed E-state index contributed by atoms with van der Waals surface area (Å²) in [5.41, 5.74) is 0. The molecule has 0 aliphatic rings. The van der Waals surface area contributed by atoms with E-state index in [4.69, 9.17) is 11.6 Å². The second kappa shape index (κ2) is 8.71. The van der Waals surface area contributed by atoms with Crippen LogP contribution in [0.15, 0.2) is 23.1 Å². The van der Waals surface area contributed by atoms with E-state index in [1.807, 2.05) is 0 Å². The molecule has 0 fully saturated rings. The van der Waals surface area contributed by atoms with Gasteiger partial charge in [-0.25, -0.2) is 12.8 Å². The van der Waals surface area contributed by atoms with Crippen LogP contribution in [-0.2, 0) is 9.84 Å². The summed E-state index contributed by atoms with van der Waals surface area (Å²) in [6.45, 7) is 5.19. The Hall–Kier alpha value is -0.650. The second-order valence-electron chi connectivity index (χ2n) is 5.25. The zero-order chi connectivity index (χ0) is 15.9. The maximum absolute atomic E-state index is 13.1. The molecule has 1 unspecified atom stereocenters. The van der Waals surface area contributed by atoms with E-state index >= 15 is 0 Å². The van der Waals surface area contributed by atoms with Gasteiger partial charge in [-0.3, -0.25) is 0 Å². The lowest BCUT2D eigenvalue weighted by Crippen LogP contribution is -2.26. The van der Waals surface area contributed by atoms with E-state index in [0.29, 0.717) is 12.5 Å². The smallest absolute Gasteiger partial charge is 0.178 e. The Bertz CT molecular complexity index is 549. The Balaban J connectivity index is 2.44. The van der Waals surface area contributed by atoms with E-state index < -0.39 is 15.7 Å². The SMILES string of the molecule is CCCNC(C)CCCCS(=O)(=O)c1ccc(F)c(Cl)c1. The molecule has 0 amide bonds. The van der Waals surface area contributed by atoms with Crippen molar-refractivity contribution in [3.05, 3.63) is 29.0 Å². The van der Waals surface area contributed by atoms with E-state index in [2.05, 4.69) is 19.2 Å².